The molecule has 5 heteroatoms. The third-order valence-electron chi connectivity index (χ3n) is 4.63. The van der Waals surface area contributed by atoms with Crippen LogP contribution in [0, 0.1) is 6.92 Å². The van der Waals surface area contributed by atoms with Gasteiger partial charge in [-0.2, -0.15) is 0 Å². The minimum Gasteiger partial charge on any atom is -0.460 e. The maximum Gasteiger partial charge on any atom is 0.248 e. The van der Waals surface area contributed by atoms with Gasteiger partial charge in [-0.15, -0.1) is 0 Å². The third kappa shape index (κ3) is 3.15. The lowest BCUT2D eigenvalue weighted by atomic mass is 9.85. The fraction of sp³-hybridized carbons (Fsp3) is 0.500. The lowest BCUT2D eigenvalue weighted by Gasteiger charge is -2.27. The van der Waals surface area contributed by atoms with E-state index >= 15 is 0 Å². The Bertz CT molecular complexity index is 785. The maximum absolute atomic E-state index is 13.3. The predicted molar refractivity (Wildman–Crippen MR) is 86.0 cm³/mol. The molecule has 0 bridgehead atoms. The highest BCUT2D eigenvalue weighted by molar-refractivity contribution is 5.81. The van der Waals surface area contributed by atoms with Gasteiger partial charge < -0.3 is 10.2 Å². The summed E-state index contributed by atoms with van der Waals surface area (Å²) < 4.78 is 32.6. The molecule has 3 nitrogen and oxygen atoms in total. The minimum absolute atomic E-state index is 0.131. The lowest BCUT2D eigenvalue weighted by molar-refractivity contribution is -0.0395. The summed E-state index contributed by atoms with van der Waals surface area (Å²) in [6, 6.07) is 4.88. The molecule has 1 aromatic heterocycles. The van der Waals surface area contributed by atoms with Crippen molar-refractivity contribution in [3.05, 3.63) is 45.3 Å². The summed E-state index contributed by atoms with van der Waals surface area (Å²) in [5, 5.41) is 0.502. The molecule has 2 aromatic rings. The first kappa shape index (κ1) is 16.1. The number of hydrogen-bond donors (Lipinski definition) is 1. The van der Waals surface area contributed by atoms with Crippen LogP contribution in [0.25, 0.3) is 11.0 Å². The number of halogens is 2. The zero-order valence-corrected chi connectivity index (χ0v) is 13.4. The van der Waals surface area contributed by atoms with Crippen LogP contribution < -0.4 is 11.2 Å². The first-order valence-electron chi connectivity index (χ1n) is 7.98. The first-order chi connectivity index (χ1) is 10.8. The highest BCUT2D eigenvalue weighted by Crippen LogP contribution is 2.41. The Morgan fingerprint density at radius 3 is 2.52 bits per heavy atom. The van der Waals surface area contributed by atoms with Crippen molar-refractivity contribution in [2.24, 2.45) is 5.73 Å². The largest absolute Gasteiger partial charge is 0.460 e. The summed E-state index contributed by atoms with van der Waals surface area (Å²) in [6.45, 7) is 3.74. The van der Waals surface area contributed by atoms with Crippen LogP contribution in [-0.4, -0.2) is 5.92 Å². The molecule has 1 aliphatic rings. The van der Waals surface area contributed by atoms with Gasteiger partial charge in [0.2, 0.25) is 5.92 Å². The zero-order chi connectivity index (χ0) is 16.8. The lowest BCUT2D eigenvalue weighted by Crippen LogP contribution is -2.24. The second-order valence-electron chi connectivity index (χ2n) is 6.66. The third-order valence-corrected chi connectivity index (χ3v) is 4.63. The molecule has 3 rings (SSSR count). The predicted octanol–water partition coefficient (Wildman–Crippen LogP) is 4.41. The molecule has 1 heterocycles. The second kappa shape index (κ2) is 5.71. The summed E-state index contributed by atoms with van der Waals surface area (Å²) in [4.78, 5) is 12.4. The highest BCUT2D eigenvalue weighted by Gasteiger charge is 2.36. The molecular formula is C18H21F2NO2. The Kier molecular flexibility index (Phi) is 4.00. The van der Waals surface area contributed by atoms with Crippen LogP contribution in [0.2, 0.25) is 0 Å². The maximum atomic E-state index is 13.3. The number of aryl methyl sites for hydroxylation is 1. The van der Waals surface area contributed by atoms with E-state index in [0.717, 1.165) is 11.1 Å². The second-order valence-corrected chi connectivity index (χ2v) is 6.66. The summed E-state index contributed by atoms with van der Waals surface area (Å²) >= 11 is 0. The molecule has 1 aromatic carbocycles. The van der Waals surface area contributed by atoms with Crippen molar-refractivity contribution in [2.75, 3.05) is 0 Å². The Labute approximate surface area is 133 Å². The van der Waals surface area contributed by atoms with E-state index in [1.165, 1.54) is 6.07 Å². The highest BCUT2D eigenvalue weighted by atomic mass is 19.3. The molecule has 2 N–H and O–H groups in total. The molecule has 0 spiro atoms. The monoisotopic (exact) mass is 321 g/mol. The van der Waals surface area contributed by atoms with Gasteiger partial charge in [-0.3, -0.25) is 4.79 Å². The van der Waals surface area contributed by atoms with Crippen LogP contribution in [0.3, 0.4) is 0 Å². The van der Waals surface area contributed by atoms with E-state index in [1.807, 2.05) is 19.9 Å². The summed E-state index contributed by atoms with van der Waals surface area (Å²) in [6.07, 6.45) is 0.350. The van der Waals surface area contributed by atoms with Gasteiger partial charge in [0.05, 0.1) is 5.39 Å². The van der Waals surface area contributed by atoms with Gasteiger partial charge >= 0.3 is 0 Å². The quantitative estimate of drug-likeness (QED) is 0.891. The Balaban J connectivity index is 2.09. The van der Waals surface area contributed by atoms with Gasteiger partial charge in [-0.1, -0.05) is 6.07 Å². The molecule has 1 fully saturated rings. The van der Waals surface area contributed by atoms with E-state index in [1.54, 1.807) is 6.07 Å². The van der Waals surface area contributed by atoms with Crippen molar-refractivity contribution in [2.45, 2.75) is 57.4 Å². The Morgan fingerprint density at radius 2 is 1.91 bits per heavy atom. The molecule has 1 atom stereocenters. The summed E-state index contributed by atoms with van der Waals surface area (Å²) in [5.41, 5.74) is 8.08. The molecular weight excluding hydrogens is 300 g/mol. The average Bonchev–Trinajstić information content (AvgIpc) is 2.47. The number of alkyl halides is 2. The average molecular weight is 321 g/mol. The van der Waals surface area contributed by atoms with Gasteiger partial charge in [0.25, 0.3) is 0 Å². The molecule has 0 aliphatic heterocycles. The molecule has 1 saturated carbocycles. The van der Waals surface area contributed by atoms with E-state index in [-0.39, 0.29) is 30.2 Å². The Morgan fingerprint density at radius 1 is 1.26 bits per heavy atom. The van der Waals surface area contributed by atoms with Crippen molar-refractivity contribution < 1.29 is 13.2 Å². The van der Waals surface area contributed by atoms with E-state index < -0.39 is 5.92 Å². The van der Waals surface area contributed by atoms with Crippen LogP contribution in [0.5, 0.6) is 0 Å². The molecule has 0 unspecified atom stereocenters. The molecule has 0 amide bonds. The van der Waals surface area contributed by atoms with Gasteiger partial charge in [-0.05, 0) is 38.3 Å². The Hall–Kier alpha value is -1.75. The normalized spacial score (nSPS) is 19.9. The van der Waals surface area contributed by atoms with Gasteiger partial charge in [-0.25, -0.2) is 8.78 Å². The molecule has 0 saturated heterocycles. The van der Waals surface area contributed by atoms with E-state index in [9.17, 15) is 13.6 Å². The number of hydrogen-bond acceptors (Lipinski definition) is 3. The van der Waals surface area contributed by atoms with E-state index in [2.05, 4.69) is 0 Å². The van der Waals surface area contributed by atoms with Crippen molar-refractivity contribution in [3.63, 3.8) is 0 Å². The zero-order valence-electron chi connectivity index (χ0n) is 13.4. The van der Waals surface area contributed by atoms with Crippen LogP contribution >= 0.6 is 0 Å². The van der Waals surface area contributed by atoms with E-state index in [0.29, 0.717) is 29.6 Å². The smallest absolute Gasteiger partial charge is 0.248 e. The van der Waals surface area contributed by atoms with E-state index in [4.69, 9.17) is 10.2 Å². The van der Waals surface area contributed by atoms with Crippen LogP contribution in [-0.2, 0) is 0 Å². The van der Waals surface area contributed by atoms with Crippen molar-refractivity contribution in [1.29, 1.82) is 0 Å². The number of fused-ring (bicyclic) bond motifs is 1. The van der Waals surface area contributed by atoms with Crippen LogP contribution in [0.15, 0.2) is 27.4 Å². The van der Waals surface area contributed by atoms with Crippen LogP contribution in [0.4, 0.5) is 8.78 Å². The number of nitrogens with two attached hydrogens (primary N) is 1. The number of benzene rings is 1. The fourth-order valence-corrected chi connectivity index (χ4v) is 3.32. The standard InChI is InChI=1S/C18H21F2NO2/c1-10-7-13(11(2)21)17-14(8-10)15(22)9-16(23-17)12-3-5-18(19,20)6-4-12/h7-9,11-12H,3-6,21H2,1-2H3/t11-/m1/s1. The topological polar surface area (TPSA) is 56.2 Å². The molecule has 0 radical (unpaired) electrons. The summed E-state index contributed by atoms with van der Waals surface area (Å²) in [7, 11) is 0. The van der Waals surface area contributed by atoms with Crippen molar-refractivity contribution in [3.8, 4) is 0 Å². The van der Waals surface area contributed by atoms with Gasteiger partial charge in [0.1, 0.15) is 11.3 Å². The van der Waals surface area contributed by atoms with Crippen LogP contribution in [0.1, 0.15) is 61.5 Å². The van der Waals surface area contributed by atoms with Gasteiger partial charge in [0.15, 0.2) is 5.43 Å². The number of rotatable bonds is 2. The fourth-order valence-electron chi connectivity index (χ4n) is 3.32. The molecule has 124 valence electrons. The summed E-state index contributed by atoms with van der Waals surface area (Å²) in [5.74, 6) is -2.22. The minimum atomic E-state index is -2.60. The molecule has 23 heavy (non-hydrogen) atoms. The molecule has 1 aliphatic carbocycles. The first-order valence-corrected chi connectivity index (χ1v) is 7.98. The van der Waals surface area contributed by atoms with Gasteiger partial charge in [0, 0.05) is 36.4 Å². The SMILES string of the molecule is Cc1cc([C@@H](C)N)c2oc(C3CCC(F)(F)CC3)cc(=O)c2c1. The van der Waals surface area contributed by atoms with Crippen molar-refractivity contribution >= 4 is 11.0 Å². The van der Waals surface area contributed by atoms with Crippen molar-refractivity contribution in [1.82, 2.24) is 0 Å².